The van der Waals surface area contributed by atoms with Crippen molar-refractivity contribution in [2.75, 3.05) is 13.1 Å². The molecule has 1 aliphatic heterocycles. The Balaban J connectivity index is 2.24. The molecule has 1 heterocycles. The zero-order valence-electron chi connectivity index (χ0n) is 6.21. The summed E-state index contributed by atoms with van der Waals surface area (Å²) in [5.74, 6) is 0.263. The standard InChI is InChI=1S/C7H12N2O/c1-2-7(10)6-9-5-3-4-8-9/h4H,2-3,5-6H2,1H3. The molecule has 0 aromatic heterocycles. The third-order valence-electron chi connectivity index (χ3n) is 1.51. The van der Waals surface area contributed by atoms with Crippen LogP contribution in [0.25, 0.3) is 0 Å². The Bertz CT molecular complexity index is 154. The van der Waals surface area contributed by atoms with Crippen LogP contribution in [0.1, 0.15) is 19.8 Å². The molecule has 0 atom stereocenters. The molecule has 10 heavy (non-hydrogen) atoms. The fourth-order valence-corrected chi connectivity index (χ4v) is 0.873. The summed E-state index contributed by atoms with van der Waals surface area (Å²) in [4.78, 5) is 10.9. The first-order valence-corrected chi connectivity index (χ1v) is 3.62. The van der Waals surface area contributed by atoms with Crippen molar-refractivity contribution in [2.45, 2.75) is 19.8 Å². The van der Waals surface area contributed by atoms with Gasteiger partial charge in [0.15, 0.2) is 5.78 Å². The average Bonchev–Trinajstić information content (AvgIpc) is 2.40. The van der Waals surface area contributed by atoms with Crippen LogP contribution in [0.3, 0.4) is 0 Å². The van der Waals surface area contributed by atoms with E-state index in [-0.39, 0.29) is 5.78 Å². The summed E-state index contributed by atoms with van der Waals surface area (Å²) < 4.78 is 0. The van der Waals surface area contributed by atoms with Gasteiger partial charge in [0.2, 0.25) is 0 Å². The molecule has 56 valence electrons. The summed E-state index contributed by atoms with van der Waals surface area (Å²) in [5, 5.41) is 5.82. The number of carbonyl (C=O) groups excluding carboxylic acids is 1. The highest BCUT2D eigenvalue weighted by Gasteiger charge is 2.08. The zero-order valence-corrected chi connectivity index (χ0v) is 6.21. The lowest BCUT2D eigenvalue weighted by Crippen LogP contribution is -2.22. The van der Waals surface area contributed by atoms with Crippen LogP contribution in [0.5, 0.6) is 0 Å². The summed E-state index contributed by atoms with van der Waals surface area (Å²) in [5.41, 5.74) is 0. The Labute approximate surface area is 60.7 Å². The number of nitrogens with zero attached hydrogens (tertiary/aromatic N) is 2. The number of ketones is 1. The summed E-state index contributed by atoms with van der Waals surface area (Å²) in [7, 11) is 0. The van der Waals surface area contributed by atoms with Crippen LogP contribution in [0.15, 0.2) is 5.10 Å². The molecule has 0 aliphatic carbocycles. The molecule has 0 aromatic rings. The van der Waals surface area contributed by atoms with Gasteiger partial charge in [-0.25, -0.2) is 0 Å². The Morgan fingerprint density at radius 3 is 3.10 bits per heavy atom. The third-order valence-corrected chi connectivity index (χ3v) is 1.51. The second kappa shape index (κ2) is 3.34. The molecule has 0 unspecified atom stereocenters. The molecule has 0 saturated heterocycles. The first-order chi connectivity index (χ1) is 4.83. The normalized spacial score (nSPS) is 16.3. The topological polar surface area (TPSA) is 32.7 Å². The first kappa shape index (κ1) is 7.25. The van der Waals surface area contributed by atoms with Gasteiger partial charge in [-0.2, -0.15) is 5.10 Å². The molecule has 0 spiro atoms. The highest BCUT2D eigenvalue weighted by molar-refractivity contribution is 5.80. The Morgan fingerprint density at radius 2 is 2.60 bits per heavy atom. The van der Waals surface area contributed by atoms with Crippen molar-refractivity contribution in [2.24, 2.45) is 5.10 Å². The van der Waals surface area contributed by atoms with Gasteiger partial charge in [0, 0.05) is 25.6 Å². The second-order valence-electron chi connectivity index (χ2n) is 2.37. The van der Waals surface area contributed by atoms with Crippen molar-refractivity contribution in [3.05, 3.63) is 0 Å². The molecule has 0 aromatic carbocycles. The highest BCUT2D eigenvalue weighted by Crippen LogP contribution is 1.99. The predicted octanol–water partition coefficient (Wildman–Crippen LogP) is 0.657. The van der Waals surface area contributed by atoms with E-state index in [2.05, 4.69) is 5.10 Å². The molecule has 0 radical (unpaired) electrons. The van der Waals surface area contributed by atoms with Gasteiger partial charge in [-0.1, -0.05) is 6.92 Å². The van der Waals surface area contributed by atoms with Gasteiger partial charge in [-0.05, 0) is 0 Å². The number of rotatable bonds is 3. The molecular weight excluding hydrogens is 128 g/mol. The van der Waals surface area contributed by atoms with Gasteiger partial charge in [-0.15, -0.1) is 0 Å². The minimum Gasteiger partial charge on any atom is -0.298 e. The van der Waals surface area contributed by atoms with Crippen LogP contribution in [0.4, 0.5) is 0 Å². The van der Waals surface area contributed by atoms with E-state index in [1.54, 1.807) is 0 Å². The van der Waals surface area contributed by atoms with E-state index in [0.717, 1.165) is 13.0 Å². The number of hydrazone groups is 1. The van der Waals surface area contributed by atoms with Gasteiger partial charge in [0.25, 0.3) is 0 Å². The molecule has 1 rings (SSSR count). The quantitative estimate of drug-likeness (QED) is 0.576. The highest BCUT2D eigenvalue weighted by atomic mass is 16.1. The van der Waals surface area contributed by atoms with Gasteiger partial charge < -0.3 is 0 Å². The van der Waals surface area contributed by atoms with E-state index >= 15 is 0 Å². The van der Waals surface area contributed by atoms with Crippen LogP contribution in [0.2, 0.25) is 0 Å². The number of hydrogen-bond acceptors (Lipinski definition) is 3. The van der Waals surface area contributed by atoms with Gasteiger partial charge in [-0.3, -0.25) is 9.80 Å². The van der Waals surface area contributed by atoms with Crippen molar-refractivity contribution in [1.29, 1.82) is 0 Å². The maximum atomic E-state index is 10.9. The van der Waals surface area contributed by atoms with Crippen molar-refractivity contribution < 1.29 is 4.79 Å². The first-order valence-electron chi connectivity index (χ1n) is 3.62. The molecule has 3 nitrogen and oxygen atoms in total. The van der Waals surface area contributed by atoms with E-state index in [9.17, 15) is 4.79 Å². The molecule has 1 aliphatic rings. The van der Waals surface area contributed by atoms with E-state index in [1.165, 1.54) is 0 Å². The predicted molar refractivity (Wildman–Crippen MR) is 40.0 cm³/mol. The molecule has 0 amide bonds. The van der Waals surface area contributed by atoms with Crippen molar-refractivity contribution in [1.82, 2.24) is 5.01 Å². The summed E-state index contributed by atoms with van der Waals surface area (Å²) in [6.45, 7) is 3.28. The maximum absolute atomic E-state index is 10.9. The van der Waals surface area contributed by atoms with Gasteiger partial charge in [0.05, 0.1) is 6.54 Å². The minimum atomic E-state index is 0.263. The average molecular weight is 140 g/mol. The van der Waals surface area contributed by atoms with E-state index < -0.39 is 0 Å². The van der Waals surface area contributed by atoms with Gasteiger partial charge in [0.1, 0.15) is 0 Å². The molecule has 3 heteroatoms. The summed E-state index contributed by atoms with van der Waals surface area (Å²) >= 11 is 0. The van der Waals surface area contributed by atoms with E-state index in [0.29, 0.717) is 13.0 Å². The lowest BCUT2D eigenvalue weighted by atomic mass is 10.3. The molecule has 0 fully saturated rings. The van der Waals surface area contributed by atoms with Crippen LogP contribution < -0.4 is 0 Å². The Kier molecular flexibility index (Phi) is 2.42. The van der Waals surface area contributed by atoms with Crippen molar-refractivity contribution >= 4 is 12.0 Å². The third kappa shape index (κ3) is 1.83. The molecular formula is C7H12N2O. The Hall–Kier alpha value is -0.860. The molecule has 0 saturated carbocycles. The SMILES string of the molecule is CCC(=O)CN1CCC=N1. The zero-order chi connectivity index (χ0) is 7.40. The monoisotopic (exact) mass is 140 g/mol. The fourth-order valence-electron chi connectivity index (χ4n) is 0.873. The van der Waals surface area contributed by atoms with E-state index in [1.807, 2.05) is 18.1 Å². The van der Waals surface area contributed by atoms with Crippen molar-refractivity contribution in [3.63, 3.8) is 0 Å². The lowest BCUT2D eigenvalue weighted by molar-refractivity contribution is -0.119. The van der Waals surface area contributed by atoms with Crippen LogP contribution in [-0.2, 0) is 4.79 Å². The van der Waals surface area contributed by atoms with Gasteiger partial charge >= 0.3 is 0 Å². The molecule has 0 N–H and O–H groups in total. The van der Waals surface area contributed by atoms with Crippen LogP contribution >= 0.6 is 0 Å². The number of carbonyl (C=O) groups is 1. The smallest absolute Gasteiger partial charge is 0.153 e. The summed E-state index contributed by atoms with van der Waals surface area (Å²) in [6.07, 6.45) is 3.45. The van der Waals surface area contributed by atoms with Crippen LogP contribution in [-0.4, -0.2) is 30.1 Å². The number of Topliss-reactive ketones (excluding diaryl/α,β-unsaturated/α-hetero) is 1. The summed E-state index contributed by atoms with van der Waals surface area (Å²) in [6, 6.07) is 0. The van der Waals surface area contributed by atoms with E-state index in [4.69, 9.17) is 0 Å². The lowest BCUT2D eigenvalue weighted by Gasteiger charge is -2.10. The maximum Gasteiger partial charge on any atom is 0.153 e. The van der Waals surface area contributed by atoms with Crippen molar-refractivity contribution in [3.8, 4) is 0 Å². The van der Waals surface area contributed by atoms with Crippen LogP contribution in [0, 0.1) is 0 Å². The second-order valence-corrected chi connectivity index (χ2v) is 2.37. The number of hydrogen-bond donors (Lipinski definition) is 0. The molecule has 0 bridgehead atoms. The Morgan fingerprint density at radius 1 is 1.80 bits per heavy atom. The fraction of sp³-hybridized carbons (Fsp3) is 0.714. The largest absolute Gasteiger partial charge is 0.298 e. The minimum absolute atomic E-state index is 0.263.